The predicted octanol–water partition coefficient (Wildman–Crippen LogP) is 4.74. The Kier molecular flexibility index (Phi) is 10.2. The van der Waals surface area contributed by atoms with Gasteiger partial charge in [-0.1, -0.05) is 79.7 Å². The van der Waals surface area contributed by atoms with Crippen molar-refractivity contribution in [3.63, 3.8) is 0 Å². The molecule has 2 aromatic heterocycles. The number of nitrogens with one attached hydrogen (secondary N) is 2. The summed E-state index contributed by atoms with van der Waals surface area (Å²) in [5.41, 5.74) is 1.05. The highest BCUT2D eigenvalue weighted by Crippen LogP contribution is 2.21. The Balaban J connectivity index is 1.34. The van der Waals surface area contributed by atoms with Gasteiger partial charge in [0.25, 0.3) is 11.4 Å². The third kappa shape index (κ3) is 7.95. The van der Waals surface area contributed by atoms with E-state index >= 15 is 0 Å². The summed E-state index contributed by atoms with van der Waals surface area (Å²) in [4.78, 5) is 61.6. The number of rotatable bonds is 12. The Labute approximate surface area is 269 Å². The number of benzene rings is 3. The van der Waals surface area contributed by atoms with Gasteiger partial charge in [0, 0.05) is 11.1 Å². The van der Waals surface area contributed by atoms with Gasteiger partial charge in [0.2, 0.25) is 17.5 Å². The molecule has 47 heavy (non-hydrogen) atoms. The Morgan fingerprint density at radius 1 is 0.915 bits per heavy atom. The number of ether oxygens (including phenoxy) is 2. The minimum atomic E-state index is -1.05. The van der Waals surface area contributed by atoms with Crippen molar-refractivity contribution in [3.8, 4) is 28.5 Å². The van der Waals surface area contributed by atoms with Gasteiger partial charge in [0.05, 0.1) is 19.3 Å². The first-order valence-electron chi connectivity index (χ1n) is 14.7. The molecule has 5 rings (SSSR count). The lowest BCUT2D eigenvalue weighted by atomic mass is 9.99. The van der Waals surface area contributed by atoms with E-state index < -0.39 is 35.9 Å². The van der Waals surface area contributed by atoms with Crippen LogP contribution in [0.25, 0.3) is 22.8 Å². The summed E-state index contributed by atoms with van der Waals surface area (Å²) >= 11 is 0. The molecule has 0 aliphatic heterocycles. The van der Waals surface area contributed by atoms with Crippen LogP contribution in [0.15, 0.2) is 100 Å². The van der Waals surface area contributed by atoms with E-state index in [1.54, 1.807) is 87.7 Å². The van der Waals surface area contributed by atoms with E-state index in [1.165, 1.54) is 6.20 Å². The lowest BCUT2D eigenvalue weighted by Crippen LogP contribution is -2.46. The molecule has 0 aliphatic carbocycles. The fourth-order valence-electron chi connectivity index (χ4n) is 4.62. The van der Waals surface area contributed by atoms with Crippen LogP contribution in [0.2, 0.25) is 0 Å². The molecule has 1 unspecified atom stereocenters. The molecule has 5 aromatic rings. The second kappa shape index (κ2) is 14.8. The van der Waals surface area contributed by atoms with E-state index in [4.69, 9.17) is 14.0 Å². The number of hydrogen-bond acceptors (Lipinski definition) is 10. The van der Waals surface area contributed by atoms with Gasteiger partial charge in [-0.2, -0.15) is 4.98 Å². The largest absolute Gasteiger partial charge is 0.497 e. The highest BCUT2D eigenvalue weighted by Gasteiger charge is 2.30. The van der Waals surface area contributed by atoms with Gasteiger partial charge in [0.1, 0.15) is 30.4 Å². The highest BCUT2D eigenvalue weighted by molar-refractivity contribution is 5.99. The van der Waals surface area contributed by atoms with Crippen molar-refractivity contribution in [1.29, 1.82) is 0 Å². The molecule has 1 atom stereocenters. The SMILES string of the molecule is COc1ccc(-c2noc(C(=O)C(NC(=O)Cn3c(-c4ccccc4)ncc(NC(=O)OCc4ccccc4)c3=O)C(C)C)n2)cc1. The first-order chi connectivity index (χ1) is 22.7. The van der Waals surface area contributed by atoms with Crippen LogP contribution in [0.3, 0.4) is 0 Å². The average Bonchev–Trinajstić information content (AvgIpc) is 3.59. The van der Waals surface area contributed by atoms with Crippen LogP contribution in [0.5, 0.6) is 5.75 Å². The van der Waals surface area contributed by atoms with E-state index in [1.807, 2.05) is 18.2 Å². The number of amides is 2. The number of carbonyl (C=O) groups is 3. The zero-order valence-corrected chi connectivity index (χ0v) is 25.9. The summed E-state index contributed by atoms with van der Waals surface area (Å²) in [5, 5.41) is 9.03. The zero-order valence-electron chi connectivity index (χ0n) is 25.9. The fourth-order valence-corrected chi connectivity index (χ4v) is 4.62. The number of carbonyl (C=O) groups excluding carboxylic acids is 3. The van der Waals surface area contributed by atoms with Crippen LogP contribution in [0.1, 0.15) is 30.1 Å². The van der Waals surface area contributed by atoms with Crippen molar-refractivity contribution >= 4 is 23.5 Å². The maximum atomic E-state index is 13.6. The van der Waals surface area contributed by atoms with E-state index in [0.29, 0.717) is 16.9 Å². The Morgan fingerprint density at radius 2 is 1.60 bits per heavy atom. The molecule has 240 valence electrons. The van der Waals surface area contributed by atoms with Gasteiger partial charge in [-0.05, 0) is 35.7 Å². The van der Waals surface area contributed by atoms with Crippen molar-refractivity contribution in [2.75, 3.05) is 12.4 Å². The molecule has 2 heterocycles. The number of nitrogens with zero attached hydrogens (tertiary/aromatic N) is 4. The van der Waals surface area contributed by atoms with E-state index in [-0.39, 0.29) is 35.8 Å². The normalized spacial score (nSPS) is 11.5. The number of ketones is 1. The van der Waals surface area contributed by atoms with Gasteiger partial charge >= 0.3 is 6.09 Å². The average molecular weight is 637 g/mol. The summed E-state index contributed by atoms with van der Waals surface area (Å²) in [5.74, 6) is -0.880. The van der Waals surface area contributed by atoms with Crippen LogP contribution in [0.4, 0.5) is 10.5 Å². The highest BCUT2D eigenvalue weighted by atomic mass is 16.5. The maximum absolute atomic E-state index is 13.6. The fraction of sp³-hybridized carbons (Fsp3) is 0.206. The monoisotopic (exact) mass is 636 g/mol. The number of methoxy groups -OCH3 is 1. The quantitative estimate of drug-likeness (QED) is 0.183. The molecular weight excluding hydrogens is 604 g/mol. The van der Waals surface area contributed by atoms with Gasteiger partial charge in [0.15, 0.2) is 0 Å². The van der Waals surface area contributed by atoms with Gasteiger partial charge < -0.3 is 19.3 Å². The van der Waals surface area contributed by atoms with Crippen LogP contribution in [-0.2, 0) is 22.7 Å². The van der Waals surface area contributed by atoms with Gasteiger partial charge in [-0.15, -0.1) is 0 Å². The van der Waals surface area contributed by atoms with Gasteiger partial charge in [-0.25, -0.2) is 9.78 Å². The molecule has 0 spiro atoms. The van der Waals surface area contributed by atoms with Crippen molar-refractivity contribution in [2.45, 2.75) is 33.0 Å². The van der Waals surface area contributed by atoms with Crippen LogP contribution in [-0.4, -0.2) is 50.6 Å². The predicted molar refractivity (Wildman–Crippen MR) is 172 cm³/mol. The Morgan fingerprint density at radius 3 is 2.26 bits per heavy atom. The molecule has 0 saturated carbocycles. The Bertz CT molecular complexity index is 1910. The summed E-state index contributed by atoms with van der Waals surface area (Å²) < 4.78 is 16.8. The standard InChI is InChI=1S/C34H32N6O7/c1-21(2)28(29(42)32-38-30(39-47-32)23-14-16-25(45-3)17-15-23)37-27(41)19-40-31(24-12-8-5-9-13-24)35-18-26(33(40)43)36-34(44)46-20-22-10-6-4-7-11-22/h4-18,21,28H,19-20H2,1-3H3,(H,36,44)(H,37,41). The van der Waals surface area contributed by atoms with E-state index in [0.717, 1.165) is 10.1 Å². The molecule has 0 radical (unpaired) electrons. The van der Waals surface area contributed by atoms with E-state index in [9.17, 15) is 19.2 Å². The number of aromatic nitrogens is 4. The van der Waals surface area contributed by atoms with Crippen molar-refractivity contribution in [3.05, 3.63) is 113 Å². The molecule has 0 aliphatic rings. The molecule has 3 aromatic carbocycles. The minimum Gasteiger partial charge on any atom is -0.497 e. The number of anilines is 1. The molecule has 13 heteroatoms. The summed E-state index contributed by atoms with van der Waals surface area (Å²) in [7, 11) is 1.55. The summed E-state index contributed by atoms with van der Waals surface area (Å²) in [6.07, 6.45) is 0.342. The first-order valence-corrected chi connectivity index (χ1v) is 14.7. The van der Waals surface area contributed by atoms with Gasteiger partial charge in [-0.3, -0.25) is 24.3 Å². The molecule has 2 N–H and O–H groups in total. The first kappa shape index (κ1) is 32.3. The third-order valence-electron chi connectivity index (χ3n) is 7.08. The second-order valence-electron chi connectivity index (χ2n) is 10.7. The van der Waals surface area contributed by atoms with Crippen LogP contribution >= 0.6 is 0 Å². The Hall–Kier alpha value is -6.11. The third-order valence-corrected chi connectivity index (χ3v) is 7.08. The van der Waals surface area contributed by atoms with Crippen molar-refractivity contribution in [2.24, 2.45) is 5.92 Å². The molecule has 13 nitrogen and oxygen atoms in total. The lowest BCUT2D eigenvalue weighted by molar-refractivity contribution is -0.122. The molecule has 0 fully saturated rings. The summed E-state index contributed by atoms with van der Waals surface area (Å²) in [6.45, 7) is 2.98. The molecule has 2 amide bonds. The molecular formula is C34H32N6O7. The number of hydrogen-bond donors (Lipinski definition) is 2. The minimum absolute atomic E-state index is 0.00888. The summed E-state index contributed by atoms with van der Waals surface area (Å²) in [6, 6.07) is 23.7. The van der Waals surface area contributed by atoms with Crippen LogP contribution < -0.4 is 20.9 Å². The smallest absolute Gasteiger partial charge is 0.412 e. The van der Waals surface area contributed by atoms with E-state index in [2.05, 4.69) is 25.8 Å². The van der Waals surface area contributed by atoms with Crippen LogP contribution in [0, 0.1) is 5.92 Å². The second-order valence-corrected chi connectivity index (χ2v) is 10.7. The topological polar surface area (TPSA) is 168 Å². The maximum Gasteiger partial charge on any atom is 0.412 e. The molecule has 0 bridgehead atoms. The number of Topliss-reactive ketones (excluding diaryl/α,β-unsaturated/α-hetero) is 1. The zero-order chi connectivity index (χ0) is 33.3. The van der Waals surface area contributed by atoms with Crippen molar-refractivity contribution in [1.82, 2.24) is 25.0 Å². The lowest BCUT2D eigenvalue weighted by Gasteiger charge is -2.20. The van der Waals surface area contributed by atoms with Crippen molar-refractivity contribution < 1.29 is 28.4 Å². The molecule has 0 saturated heterocycles.